The van der Waals surface area contributed by atoms with Crippen molar-refractivity contribution in [1.29, 1.82) is 0 Å². The number of hydrogen-bond donors (Lipinski definition) is 3. The molecule has 0 radical (unpaired) electrons. The Kier molecular flexibility index (Phi) is 8.33. The van der Waals surface area contributed by atoms with E-state index in [0.29, 0.717) is 17.8 Å². The zero-order valence-corrected chi connectivity index (χ0v) is 18.6. The predicted octanol–water partition coefficient (Wildman–Crippen LogP) is 5.09. The van der Waals surface area contributed by atoms with Crippen molar-refractivity contribution in [2.45, 2.75) is 52.0 Å². The fourth-order valence-electron chi connectivity index (χ4n) is 3.86. The largest absolute Gasteiger partial charge is 0.371 e. The molecule has 31 heavy (non-hydrogen) atoms. The van der Waals surface area contributed by atoms with Crippen molar-refractivity contribution in [2.24, 2.45) is 0 Å². The second-order valence-electron chi connectivity index (χ2n) is 8.12. The van der Waals surface area contributed by atoms with E-state index < -0.39 is 0 Å². The minimum atomic E-state index is -0.247. The first-order valence-electron chi connectivity index (χ1n) is 11.4. The fourth-order valence-corrected chi connectivity index (χ4v) is 3.86. The van der Waals surface area contributed by atoms with Gasteiger partial charge in [0, 0.05) is 31.0 Å². The molecule has 0 aromatic heterocycles. The SMILES string of the molecule is CCCCNC(=O)Nc1ccc(N2CCCCC2)c(C(=O)NC(C)c2ccccc2)c1. The van der Waals surface area contributed by atoms with Gasteiger partial charge in [-0.3, -0.25) is 4.79 Å². The number of amides is 3. The number of piperidine rings is 1. The van der Waals surface area contributed by atoms with Crippen molar-refractivity contribution in [3.8, 4) is 0 Å². The van der Waals surface area contributed by atoms with Crippen LogP contribution in [0.25, 0.3) is 0 Å². The maximum atomic E-state index is 13.3. The van der Waals surface area contributed by atoms with Crippen LogP contribution in [0.3, 0.4) is 0 Å². The van der Waals surface area contributed by atoms with Crippen molar-refractivity contribution < 1.29 is 9.59 Å². The molecule has 1 aliphatic heterocycles. The molecule has 1 atom stereocenters. The Balaban J connectivity index is 1.79. The van der Waals surface area contributed by atoms with E-state index >= 15 is 0 Å². The average molecular weight is 423 g/mol. The average Bonchev–Trinajstić information content (AvgIpc) is 2.80. The van der Waals surface area contributed by atoms with E-state index in [9.17, 15) is 9.59 Å². The first kappa shape index (κ1) is 22.7. The van der Waals surface area contributed by atoms with Gasteiger partial charge in [0.15, 0.2) is 0 Å². The standard InChI is InChI=1S/C25H34N4O2/c1-3-4-15-26-25(31)28-21-13-14-23(29-16-9-6-10-17-29)22(18-21)24(30)27-19(2)20-11-7-5-8-12-20/h5,7-8,11-14,18-19H,3-4,6,9-10,15-17H2,1-2H3,(H,27,30)(H2,26,28,31). The molecule has 1 unspecified atom stereocenters. The van der Waals surface area contributed by atoms with Crippen LogP contribution < -0.4 is 20.9 Å². The second kappa shape index (κ2) is 11.4. The highest BCUT2D eigenvalue weighted by atomic mass is 16.2. The quantitative estimate of drug-likeness (QED) is 0.519. The monoisotopic (exact) mass is 422 g/mol. The molecular formula is C25H34N4O2. The zero-order valence-electron chi connectivity index (χ0n) is 18.6. The number of carbonyl (C=O) groups excluding carboxylic acids is 2. The van der Waals surface area contributed by atoms with Crippen LogP contribution in [-0.2, 0) is 0 Å². The summed E-state index contributed by atoms with van der Waals surface area (Å²) in [5.41, 5.74) is 3.19. The van der Waals surface area contributed by atoms with Gasteiger partial charge >= 0.3 is 6.03 Å². The van der Waals surface area contributed by atoms with Gasteiger partial charge in [0.05, 0.1) is 11.6 Å². The summed E-state index contributed by atoms with van der Waals surface area (Å²) in [4.78, 5) is 27.7. The molecule has 3 N–H and O–H groups in total. The van der Waals surface area contributed by atoms with Gasteiger partial charge < -0.3 is 20.9 Å². The van der Waals surface area contributed by atoms with E-state index in [0.717, 1.165) is 50.0 Å². The maximum Gasteiger partial charge on any atom is 0.319 e. The number of nitrogens with zero attached hydrogens (tertiary/aromatic N) is 1. The fraction of sp³-hybridized carbons (Fsp3) is 0.440. The predicted molar refractivity (Wildman–Crippen MR) is 127 cm³/mol. The Labute approximate surface area is 185 Å². The van der Waals surface area contributed by atoms with E-state index in [-0.39, 0.29) is 18.0 Å². The van der Waals surface area contributed by atoms with Gasteiger partial charge in [-0.2, -0.15) is 0 Å². The zero-order chi connectivity index (χ0) is 22.1. The van der Waals surface area contributed by atoms with E-state index in [4.69, 9.17) is 0 Å². The lowest BCUT2D eigenvalue weighted by Crippen LogP contribution is -2.34. The minimum Gasteiger partial charge on any atom is -0.371 e. The summed E-state index contributed by atoms with van der Waals surface area (Å²) < 4.78 is 0. The highest BCUT2D eigenvalue weighted by Gasteiger charge is 2.21. The molecular weight excluding hydrogens is 388 g/mol. The second-order valence-corrected chi connectivity index (χ2v) is 8.12. The summed E-state index contributed by atoms with van der Waals surface area (Å²) in [5.74, 6) is -0.132. The molecule has 0 bridgehead atoms. The number of benzene rings is 2. The Morgan fingerprint density at radius 2 is 1.77 bits per heavy atom. The van der Waals surface area contributed by atoms with E-state index in [1.54, 1.807) is 6.07 Å². The summed E-state index contributed by atoms with van der Waals surface area (Å²) >= 11 is 0. The van der Waals surface area contributed by atoms with Gasteiger partial charge in [-0.05, 0) is 56.4 Å². The summed E-state index contributed by atoms with van der Waals surface area (Å²) in [7, 11) is 0. The molecule has 6 nitrogen and oxygen atoms in total. The molecule has 2 aromatic rings. The third-order valence-electron chi connectivity index (χ3n) is 5.66. The number of urea groups is 1. The molecule has 0 aliphatic carbocycles. The lowest BCUT2D eigenvalue weighted by molar-refractivity contribution is 0.0940. The number of hydrogen-bond acceptors (Lipinski definition) is 3. The van der Waals surface area contributed by atoms with Crippen LogP contribution in [0.5, 0.6) is 0 Å². The van der Waals surface area contributed by atoms with Gasteiger partial charge in [0.1, 0.15) is 0 Å². The molecule has 1 aliphatic rings. The van der Waals surface area contributed by atoms with Crippen LogP contribution in [0.15, 0.2) is 48.5 Å². The smallest absolute Gasteiger partial charge is 0.319 e. The summed E-state index contributed by atoms with van der Waals surface area (Å²) in [6, 6.07) is 15.2. The molecule has 166 valence electrons. The van der Waals surface area contributed by atoms with Crippen LogP contribution in [0, 0.1) is 0 Å². The molecule has 3 rings (SSSR count). The van der Waals surface area contributed by atoms with E-state index in [1.165, 1.54) is 6.42 Å². The van der Waals surface area contributed by atoms with Crippen LogP contribution >= 0.6 is 0 Å². The number of anilines is 2. The summed E-state index contributed by atoms with van der Waals surface area (Å²) in [6.45, 7) is 6.59. The first-order chi connectivity index (χ1) is 15.1. The normalized spacial score (nSPS) is 14.6. The van der Waals surface area contributed by atoms with E-state index in [1.807, 2.05) is 49.4 Å². The third-order valence-corrected chi connectivity index (χ3v) is 5.66. The molecule has 1 fully saturated rings. The van der Waals surface area contributed by atoms with Crippen molar-refractivity contribution in [2.75, 3.05) is 29.9 Å². The van der Waals surface area contributed by atoms with Crippen molar-refractivity contribution in [3.63, 3.8) is 0 Å². The maximum absolute atomic E-state index is 13.3. The summed E-state index contributed by atoms with van der Waals surface area (Å²) in [5, 5.41) is 8.83. The Hall–Kier alpha value is -3.02. The number of carbonyl (C=O) groups is 2. The number of nitrogens with one attached hydrogen (secondary N) is 3. The van der Waals surface area contributed by atoms with E-state index in [2.05, 4.69) is 27.8 Å². The Morgan fingerprint density at radius 1 is 1.03 bits per heavy atom. The van der Waals surface area contributed by atoms with Gasteiger partial charge in [-0.25, -0.2) is 4.79 Å². The van der Waals surface area contributed by atoms with Crippen molar-refractivity contribution in [1.82, 2.24) is 10.6 Å². The molecule has 6 heteroatoms. The highest BCUT2D eigenvalue weighted by Crippen LogP contribution is 2.28. The first-order valence-corrected chi connectivity index (χ1v) is 11.4. The molecule has 2 aromatic carbocycles. The molecule has 1 saturated heterocycles. The van der Waals surface area contributed by atoms with Gasteiger partial charge in [-0.15, -0.1) is 0 Å². The molecule has 3 amide bonds. The summed E-state index contributed by atoms with van der Waals surface area (Å²) in [6.07, 6.45) is 5.43. The van der Waals surface area contributed by atoms with Crippen LogP contribution in [0.4, 0.5) is 16.2 Å². The minimum absolute atomic E-state index is 0.114. The van der Waals surface area contributed by atoms with Crippen LogP contribution in [0.1, 0.15) is 67.9 Å². The lowest BCUT2D eigenvalue weighted by Gasteiger charge is -2.31. The molecule has 0 saturated carbocycles. The van der Waals surface area contributed by atoms with Crippen LogP contribution in [0.2, 0.25) is 0 Å². The lowest BCUT2D eigenvalue weighted by atomic mass is 10.0. The molecule has 0 spiro atoms. The van der Waals surface area contributed by atoms with Crippen molar-refractivity contribution in [3.05, 3.63) is 59.7 Å². The van der Waals surface area contributed by atoms with Crippen molar-refractivity contribution >= 4 is 23.3 Å². The Morgan fingerprint density at radius 3 is 2.48 bits per heavy atom. The highest BCUT2D eigenvalue weighted by molar-refractivity contribution is 6.02. The topological polar surface area (TPSA) is 73.5 Å². The number of unbranched alkanes of at least 4 members (excludes halogenated alkanes) is 1. The number of rotatable bonds is 8. The Bertz CT molecular complexity index is 863. The van der Waals surface area contributed by atoms with Crippen LogP contribution in [-0.4, -0.2) is 31.6 Å². The van der Waals surface area contributed by atoms with Gasteiger partial charge in [-0.1, -0.05) is 43.7 Å². The third kappa shape index (κ3) is 6.48. The van der Waals surface area contributed by atoms with Gasteiger partial charge in [0.2, 0.25) is 0 Å². The molecule has 1 heterocycles. The van der Waals surface area contributed by atoms with Gasteiger partial charge in [0.25, 0.3) is 5.91 Å².